The second-order valence-electron chi connectivity index (χ2n) is 4.53. The summed E-state index contributed by atoms with van der Waals surface area (Å²) in [6.07, 6.45) is 8.61. The van der Waals surface area contributed by atoms with Crippen molar-refractivity contribution in [2.75, 3.05) is 0 Å². The molecule has 0 atom stereocenters. The Balaban J connectivity index is 0. The van der Waals surface area contributed by atoms with Crippen LogP contribution in [0, 0.1) is 6.08 Å². The van der Waals surface area contributed by atoms with E-state index in [2.05, 4.69) is 72.8 Å². The van der Waals surface area contributed by atoms with Gasteiger partial charge in [0.25, 0.3) is 0 Å². The first kappa shape index (κ1) is 23.8. The fourth-order valence-corrected chi connectivity index (χ4v) is 2.50. The Labute approximate surface area is 166 Å². The molecule has 2 aromatic carbocycles. The van der Waals surface area contributed by atoms with Crippen LogP contribution in [-0.2, 0) is 21.7 Å². The number of hydrogen-bond acceptors (Lipinski definition) is 0. The van der Waals surface area contributed by atoms with Crippen LogP contribution in [0.1, 0.15) is 23.5 Å². The second-order valence-corrected chi connectivity index (χ2v) is 4.53. The molecule has 0 N–H and O–H groups in total. The maximum Gasteiger partial charge on any atom is 4.00 e. The molecular formula is C18H15Cl3Ti. The van der Waals surface area contributed by atoms with E-state index in [0.29, 0.717) is 5.92 Å². The van der Waals surface area contributed by atoms with Gasteiger partial charge in [-0.05, 0) is 11.1 Å². The van der Waals surface area contributed by atoms with Gasteiger partial charge < -0.3 is 37.2 Å². The number of allylic oxidation sites excluding steroid dienone is 4. The van der Waals surface area contributed by atoms with Crippen molar-refractivity contribution in [1.29, 1.82) is 0 Å². The number of halogens is 3. The van der Waals surface area contributed by atoms with Gasteiger partial charge >= 0.3 is 21.7 Å². The van der Waals surface area contributed by atoms with Crippen LogP contribution in [0.2, 0.25) is 0 Å². The van der Waals surface area contributed by atoms with E-state index in [1.54, 1.807) is 0 Å². The average Bonchev–Trinajstić information content (AvgIpc) is 2.95. The van der Waals surface area contributed by atoms with E-state index in [9.17, 15) is 0 Å². The third-order valence-electron chi connectivity index (χ3n) is 3.34. The summed E-state index contributed by atoms with van der Waals surface area (Å²) in [6, 6.07) is 21.3. The Morgan fingerprint density at radius 1 is 0.727 bits per heavy atom. The van der Waals surface area contributed by atoms with Crippen molar-refractivity contribution < 1.29 is 58.9 Å². The van der Waals surface area contributed by atoms with E-state index in [0.717, 1.165) is 6.42 Å². The predicted molar refractivity (Wildman–Crippen MR) is 75.2 cm³/mol. The van der Waals surface area contributed by atoms with E-state index in [-0.39, 0.29) is 58.9 Å². The molecule has 0 spiro atoms. The minimum atomic E-state index is 0. The first-order valence-corrected chi connectivity index (χ1v) is 6.32. The number of benzene rings is 2. The van der Waals surface area contributed by atoms with Crippen molar-refractivity contribution in [3.8, 4) is 0 Å². The standard InChI is InChI=1S/C18H15.3ClH.Ti/c1-3-9-15(10-4-1)18(17-13-7-8-14-17)16-11-5-2-6-12-16;;;;/h1-12,18H,13H2;3*1H;/q-1;;;;+4/p-3. The summed E-state index contributed by atoms with van der Waals surface area (Å²) in [6.45, 7) is 0. The zero-order valence-corrected chi connectivity index (χ0v) is 15.7. The molecule has 112 valence electrons. The summed E-state index contributed by atoms with van der Waals surface area (Å²) < 4.78 is 0. The smallest absolute Gasteiger partial charge is 1.00 e. The molecule has 0 aromatic heterocycles. The summed E-state index contributed by atoms with van der Waals surface area (Å²) >= 11 is 0. The minimum absolute atomic E-state index is 0. The molecule has 4 heteroatoms. The van der Waals surface area contributed by atoms with Gasteiger partial charge in [-0.25, -0.2) is 12.2 Å². The third kappa shape index (κ3) is 5.61. The van der Waals surface area contributed by atoms with Gasteiger partial charge in [0.05, 0.1) is 0 Å². The van der Waals surface area contributed by atoms with Crippen LogP contribution in [0.25, 0.3) is 0 Å². The normalized spacial score (nSPS) is 11.4. The largest absolute Gasteiger partial charge is 4.00 e. The first-order chi connectivity index (χ1) is 8.95. The molecule has 22 heavy (non-hydrogen) atoms. The zero-order chi connectivity index (χ0) is 12.2. The third-order valence-corrected chi connectivity index (χ3v) is 3.34. The SMILES string of the molecule is [C-]1=C(C(c2ccccc2)c2ccccc2)CC=C1.[Cl-].[Cl-].[Cl-].[Ti+4]. The molecule has 0 heterocycles. The van der Waals surface area contributed by atoms with Crippen molar-refractivity contribution in [3.05, 3.63) is 95.6 Å². The molecular weight excluding hydrogens is 370 g/mol. The van der Waals surface area contributed by atoms with Gasteiger partial charge in [-0.15, -0.1) is 0 Å². The topological polar surface area (TPSA) is 0 Å². The van der Waals surface area contributed by atoms with Gasteiger partial charge in [0.1, 0.15) is 0 Å². The van der Waals surface area contributed by atoms with Crippen molar-refractivity contribution >= 4 is 0 Å². The van der Waals surface area contributed by atoms with Crippen molar-refractivity contribution in [3.63, 3.8) is 0 Å². The molecule has 1 aliphatic rings. The molecule has 0 fully saturated rings. The van der Waals surface area contributed by atoms with E-state index >= 15 is 0 Å². The van der Waals surface area contributed by atoms with E-state index in [1.807, 2.05) is 6.08 Å². The Morgan fingerprint density at radius 3 is 1.55 bits per heavy atom. The molecule has 0 saturated carbocycles. The van der Waals surface area contributed by atoms with Gasteiger partial charge in [-0.3, -0.25) is 6.08 Å². The molecule has 0 amide bonds. The van der Waals surface area contributed by atoms with Crippen LogP contribution < -0.4 is 37.2 Å². The molecule has 1 aliphatic carbocycles. The number of hydrogen-bond donors (Lipinski definition) is 0. The summed E-state index contributed by atoms with van der Waals surface area (Å²) in [5.41, 5.74) is 4.04. The molecule has 3 rings (SSSR count). The minimum Gasteiger partial charge on any atom is -1.00 e. The predicted octanol–water partition coefficient (Wildman–Crippen LogP) is -4.48. The van der Waals surface area contributed by atoms with E-state index < -0.39 is 0 Å². The number of rotatable bonds is 3. The van der Waals surface area contributed by atoms with Crippen LogP contribution in [0.4, 0.5) is 0 Å². The van der Waals surface area contributed by atoms with Crippen LogP contribution in [0.3, 0.4) is 0 Å². The second kappa shape index (κ2) is 12.0. The maximum absolute atomic E-state index is 3.39. The Hall–Kier alpha value is -0.496. The summed E-state index contributed by atoms with van der Waals surface area (Å²) in [5.74, 6) is 0.336. The molecule has 0 unspecified atom stereocenters. The van der Waals surface area contributed by atoms with Gasteiger partial charge in [0.15, 0.2) is 0 Å². The summed E-state index contributed by atoms with van der Waals surface area (Å²) in [5, 5.41) is 0. The Bertz CT molecular complexity index is 540. The molecule has 2 aromatic rings. The van der Waals surface area contributed by atoms with Crippen molar-refractivity contribution in [2.24, 2.45) is 0 Å². The Morgan fingerprint density at radius 2 is 1.18 bits per heavy atom. The van der Waals surface area contributed by atoms with E-state index in [1.165, 1.54) is 16.7 Å². The van der Waals surface area contributed by atoms with Crippen LogP contribution in [0.15, 0.2) is 78.4 Å². The molecule has 0 saturated heterocycles. The quantitative estimate of drug-likeness (QED) is 0.369. The first-order valence-electron chi connectivity index (χ1n) is 6.32. The van der Waals surface area contributed by atoms with Crippen LogP contribution >= 0.6 is 0 Å². The van der Waals surface area contributed by atoms with Gasteiger partial charge in [-0.2, -0.15) is 5.57 Å². The summed E-state index contributed by atoms with van der Waals surface area (Å²) in [7, 11) is 0. The average molecular weight is 386 g/mol. The molecule has 0 bridgehead atoms. The maximum atomic E-state index is 3.39. The Kier molecular flexibility index (Phi) is 13.0. The molecule has 0 radical (unpaired) electrons. The van der Waals surface area contributed by atoms with E-state index in [4.69, 9.17) is 0 Å². The van der Waals surface area contributed by atoms with Crippen molar-refractivity contribution in [2.45, 2.75) is 12.3 Å². The fourth-order valence-electron chi connectivity index (χ4n) is 2.50. The monoisotopic (exact) mass is 384 g/mol. The van der Waals surface area contributed by atoms with Crippen LogP contribution in [0.5, 0.6) is 0 Å². The summed E-state index contributed by atoms with van der Waals surface area (Å²) in [4.78, 5) is 0. The molecule has 0 aliphatic heterocycles. The van der Waals surface area contributed by atoms with Gasteiger partial charge in [0, 0.05) is 5.92 Å². The van der Waals surface area contributed by atoms with Crippen molar-refractivity contribution in [1.82, 2.24) is 0 Å². The fraction of sp³-hybridized carbons (Fsp3) is 0.111. The molecule has 0 nitrogen and oxygen atoms in total. The zero-order valence-electron chi connectivity index (χ0n) is 11.8. The van der Waals surface area contributed by atoms with Crippen LogP contribution in [-0.4, -0.2) is 0 Å². The van der Waals surface area contributed by atoms with Gasteiger partial charge in [0.2, 0.25) is 0 Å². The van der Waals surface area contributed by atoms with Gasteiger partial charge in [-0.1, -0.05) is 67.1 Å².